The van der Waals surface area contributed by atoms with Crippen LogP contribution in [0, 0.1) is 5.92 Å². The fourth-order valence-corrected chi connectivity index (χ4v) is 6.23. The third-order valence-corrected chi connectivity index (χ3v) is 9.19. The van der Waals surface area contributed by atoms with Gasteiger partial charge in [-0.3, -0.25) is 14.6 Å². The monoisotopic (exact) mass is 677 g/mol. The minimum atomic E-state index is -2.74. The molecule has 3 aliphatic rings. The van der Waals surface area contributed by atoms with Crippen LogP contribution in [-0.2, 0) is 28.9 Å². The van der Waals surface area contributed by atoms with Crippen molar-refractivity contribution < 1.29 is 49.3 Å². The van der Waals surface area contributed by atoms with E-state index in [9.17, 15) is 14.4 Å². The van der Waals surface area contributed by atoms with E-state index in [0.29, 0.717) is 17.0 Å². The number of benzene rings is 1. The first-order valence-electron chi connectivity index (χ1n) is 15.8. The first kappa shape index (κ1) is 36.5. The molecule has 2 atom stereocenters. The lowest BCUT2D eigenvalue weighted by Gasteiger charge is -2.51. The second kappa shape index (κ2) is 15.3. The van der Waals surface area contributed by atoms with Crippen LogP contribution in [0.15, 0.2) is 42.1 Å². The molecule has 5 rings (SSSR count). The van der Waals surface area contributed by atoms with Crippen LogP contribution in [0.5, 0.6) is 0 Å². The van der Waals surface area contributed by atoms with E-state index in [0.717, 1.165) is 68.2 Å². The number of pyridine rings is 1. The molecular weight excluding hydrogens is 634 g/mol. The van der Waals surface area contributed by atoms with Gasteiger partial charge < -0.3 is 35.8 Å². The number of anilines is 1. The minimum Gasteiger partial charge on any atom is -0.481 e. The summed E-state index contributed by atoms with van der Waals surface area (Å²) in [6.07, 6.45) is 7.46. The zero-order valence-corrected chi connectivity index (χ0v) is 27.6. The molecule has 1 saturated heterocycles. The molecule has 1 spiro atoms. The zero-order valence-electron chi connectivity index (χ0n) is 26.8. The number of allylic oxidation sites excluding steroid dienone is 1. The van der Waals surface area contributed by atoms with Gasteiger partial charge in [-0.05, 0) is 62.8 Å². The number of carbonyl (C=O) groups is 3. The highest BCUT2D eigenvalue weighted by molar-refractivity contribution is 6.31. The number of nitrogens with zero attached hydrogens (tertiary/aromatic N) is 1. The summed E-state index contributed by atoms with van der Waals surface area (Å²) in [5.41, 5.74) is 0.333. The van der Waals surface area contributed by atoms with Gasteiger partial charge in [0, 0.05) is 54.3 Å². The quantitative estimate of drug-likeness (QED) is 0.108. The van der Waals surface area contributed by atoms with Crippen molar-refractivity contribution in [3.05, 3.63) is 47.1 Å². The maximum atomic E-state index is 10.3. The molecule has 2 fully saturated rings. The Balaban J connectivity index is 0.000000328. The van der Waals surface area contributed by atoms with Crippen LogP contribution in [0.2, 0.25) is 5.02 Å². The molecule has 0 amide bonds. The van der Waals surface area contributed by atoms with E-state index in [1.807, 2.05) is 30.5 Å². The maximum Gasteiger partial charge on any atom is 0.336 e. The highest BCUT2D eigenvalue weighted by Gasteiger charge is 2.52. The highest BCUT2D eigenvalue weighted by atomic mass is 35.5. The van der Waals surface area contributed by atoms with Crippen molar-refractivity contribution in [1.29, 1.82) is 0 Å². The number of aliphatic hydroxyl groups is 1. The smallest absolute Gasteiger partial charge is 0.336 e. The first-order valence-corrected chi connectivity index (χ1v) is 16.2. The Morgan fingerprint density at radius 3 is 2.34 bits per heavy atom. The Morgan fingerprint density at radius 1 is 1.04 bits per heavy atom. The van der Waals surface area contributed by atoms with E-state index in [2.05, 4.69) is 42.5 Å². The molecule has 0 radical (unpaired) electrons. The minimum absolute atomic E-state index is 0.0359. The molecule has 14 heteroatoms. The van der Waals surface area contributed by atoms with E-state index >= 15 is 0 Å². The molecule has 47 heavy (non-hydrogen) atoms. The van der Waals surface area contributed by atoms with Gasteiger partial charge in [-0.25, -0.2) is 14.6 Å². The summed E-state index contributed by atoms with van der Waals surface area (Å²) in [5, 5.41) is 42.8. The molecule has 2 aliphatic carbocycles. The van der Waals surface area contributed by atoms with Crippen LogP contribution in [0.25, 0.3) is 10.9 Å². The SMILES string of the molecule is CC(C)C1=C[C@H]2OC3(CCC(NCCNc4ccnc5cc(Cl)ccc45)CC3)OO[C@@]2(C)CC1.O=C(O)CC(O)(CC(=O)O)C(=O)O. The fraction of sp³-hybridized carbons (Fsp3) is 0.576. The van der Waals surface area contributed by atoms with Gasteiger partial charge in [-0.2, -0.15) is 0 Å². The third kappa shape index (κ3) is 9.40. The number of hydrogen-bond donors (Lipinski definition) is 6. The Labute approximate surface area is 278 Å². The number of carboxylic acid groups (broad SMARTS) is 3. The lowest BCUT2D eigenvalue weighted by Crippen LogP contribution is -2.59. The predicted octanol–water partition coefficient (Wildman–Crippen LogP) is 4.76. The largest absolute Gasteiger partial charge is 0.481 e. The molecule has 258 valence electrons. The van der Waals surface area contributed by atoms with Crippen LogP contribution in [0.1, 0.15) is 72.1 Å². The molecule has 1 aromatic carbocycles. The van der Waals surface area contributed by atoms with Gasteiger partial charge in [0.25, 0.3) is 0 Å². The van der Waals surface area contributed by atoms with Crippen molar-refractivity contribution in [3.63, 3.8) is 0 Å². The molecule has 6 N–H and O–H groups in total. The average Bonchev–Trinajstić information content (AvgIpc) is 2.99. The second-order valence-electron chi connectivity index (χ2n) is 13.0. The van der Waals surface area contributed by atoms with E-state index in [4.69, 9.17) is 46.5 Å². The van der Waals surface area contributed by atoms with Gasteiger partial charge in [-0.15, -0.1) is 0 Å². The van der Waals surface area contributed by atoms with E-state index < -0.39 is 42.1 Å². The summed E-state index contributed by atoms with van der Waals surface area (Å²) in [6, 6.07) is 8.28. The van der Waals surface area contributed by atoms with Crippen LogP contribution in [-0.4, -0.2) is 85.5 Å². The Bertz CT molecular complexity index is 1460. The fourth-order valence-electron chi connectivity index (χ4n) is 6.07. The van der Waals surface area contributed by atoms with Crippen molar-refractivity contribution >= 4 is 46.1 Å². The standard InChI is InChI=1S/C27H36ClN3O3.C6H8O7/c1-18(2)19-6-10-26(3)25(16-19)32-27(34-33-26)11-7-21(8-12-27)29-14-15-31-23-9-13-30-24-17-20(28)4-5-22(23)24;7-3(8)1-6(13,5(11)12)2-4(9)10/h4-5,9,13,16-18,21,25,29H,6-8,10-12,14-15H2,1-3H3,(H,30,31);13H,1-2H2,(H,7,8)(H,9,10)(H,11,12)/t21?,25-,26+,27?;/m1./s1. The number of rotatable bonds is 11. The molecule has 13 nitrogen and oxygen atoms in total. The number of fused-ring (bicyclic) bond motifs is 2. The summed E-state index contributed by atoms with van der Waals surface area (Å²) in [4.78, 5) is 46.8. The van der Waals surface area contributed by atoms with Crippen LogP contribution < -0.4 is 10.6 Å². The van der Waals surface area contributed by atoms with Crippen LogP contribution in [0.4, 0.5) is 5.69 Å². The summed E-state index contributed by atoms with van der Waals surface area (Å²) >= 11 is 6.10. The van der Waals surface area contributed by atoms with Crippen molar-refractivity contribution in [1.82, 2.24) is 10.3 Å². The number of nitrogens with one attached hydrogen (secondary N) is 2. The molecular formula is C33H44ClN3O10. The van der Waals surface area contributed by atoms with Gasteiger partial charge in [0.2, 0.25) is 5.79 Å². The van der Waals surface area contributed by atoms with Crippen LogP contribution in [0.3, 0.4) is 0 Å². The molecule has 2 heterocycles. The second-order valence-corrected chi connectivity index (χ2v) is 13.4. The number of aliphatic carboxylic acids is 3. The third-order valence-electron chi connectivity index (χ3n) is 8.96. The Kier molecular flexibility index (Phi) is 11.9. The Hall–Kier alpha value is -3.33. The number of hydrogen-bond acceptors (Lipinski definition) is 10. The van der Waals surface area contributed by atoms with Gasteiger partial charge >= 0.3 is 17.9 Å². The average molecular weight is 678 g/mol. The number of aromatic nitrogens is 1. The van der Waals surface area contributed by atoms with E-state index in [1.54, 1.807) is 0 Å². The first-order chi connectivity index (χ1) is 22.1. The summed E-state index contributed by atoms with van der Waals surface area (Å²) in [7, 11) is 0. The predicted molar refractivity (Wildman–Crippen MR) is 173 cm³/mol. The molecule has 0 unspecified atom stereocenters. The van der Waals surface area contributed by atoms with Gasteiger partial charge in [0.1, 0.15) is 11.7 Å². The van der Waals surface area contributed by atoms with Gasteiger partial charge in [-0.1, -0.05) is 37.1 Å². The summed E-state index contributed by atoms with van der Waals surface area (Å²) in [5.74, 6) is -5.09. The Morgan fingerprint density at radius 2 is 1.72 bits per heavy atom. The van der Waals surface area contributed by atoms with Crippen LogP contribution >= 0.6 is 11.6 Å². The molecule has 2 aromatic rings. The number of ether oxygens (including phenoxy) is 1. The van der Waals surface area contributed by atoms with Crippen molar-refractivity contribution in [2.24, 2.45) is 5.92 Å². The lowest BCUT2D eigenvalue weighted by atomic mass is 9.80. The molecule has 1 saturated carbocycles. The zero-order chi connectivity index (χ0) is 34.4. The molecule has 1 aliphatic heterocycles. The van der Waals surface area contributed by atoms with Crippen molar-refractivity contribution in [2.75, 3.05) is 18.4 Å². The van der Waals surface area contributed by atoms with E-state index in [1.165, 1.54) is 5.57 Å². The maximum absolute atomic E-state index is 10.3. The van der Waals surface area contributed by atoms with Crippen molar-refractivity contribution in [3.8, 4) is 0 Å². The van der Waals surface area contributed by atoms with Gasteiger partial charge in [0.15, 0.2) is 5.60 Å². The topological polar surface area (TPSA) is 197 Å². The lowest BCUT2D eigenvalue weighted by molar-refractivity contribution is -0.527. The van der Waals surface area contributed by atoms with Gasteiger partial charge in [0.05, 0.1) is 18.4 Å². The highest BCUT2D eigenvalue weighted by Crippen LogP contribution is 2.46. The number of carboxylic acids is 3. The summed E-state index contributed by atoms with van der Waals surface area (Å²) < 4.78 is 6.60. The number of halogens is 1. The van der Waals surface area contributed by atoms with E-state index in [-0.39, 0.29) is 11.7 Å². The molecule has 1 aromatic heterocycles. The van der Waals surface area contributed by atoms with Crippen molar-refractivity contribution in [2.45, 2.75) is 101 Å². The molecule has 0 bridgehead atoms. The summed E-state index contributed by atoms with van der Waals surface area (Å²) in [6.45, 7) is 8.34. The normalized spacial score (nSPS) is 25.8.